The Morgan fingerprint density at radius 1 is 1.20 bits per heavy atom. The molecule has 1 aliphatic heterocycles. The summed E-state index contributed by atoms with van der Waals surface area (Å²) in [6.07, 6.45) is 1.21. The minimum absolute atomic E-state index is 0.232. The zero-order valence-electron chi connectivity index (χ0n) is 14.0. The minimum Gasteiger partial charge on any atom is -0.311 e. The smallest absolute Gasteiger partial charge is 0.0281 e. The van der Waals surface area contributed by atoms with Crippen molar-refractivity contribution < 1.29 is 0 Å². The number of aryl methyl sites for hydroxylation is 3. The fourth-order valence-corrected chi connectivity index (χ4v) is 3.29. The Bertz CT molecular complexity index is 453. The van der Waals surface area contributed by atoms with Crippen LogP contribution in [-0.4, -0.2) is 29.6 Å². The van der Waals surface area contributed by atoms with E-state index >= 15 is 0 Å². The first-order chi connectivity index (χ1) is 9.33. The van der Waals surface area contributed by atoms with Crippen molar-refractivity contribution in [1.29, 1.82) is 0 Å². The minimum atomic E-state index is 0.232. The normalized spacial score (nSPS) is 23.0. The molecule has 0 aromatic heterocycles. The molecule has 2 nitrogen and oxygen atoms in total. The van der Waals surface area contributed by atoms with Crippen molar-refractivity contribution in [2.24, 2.45) is 0 Å². The van der Waals surface area contributed by atoms with Crippen molar-refractivity contribution in [2.75, 3.05) is 13.1 Å². The molecule has 1 saturated heterocycles. The largest absolute Gasteiger partial charge is 0.311 e. The molecule has 0 aliphatic carbocycles. The van der Waals surface area contributed by atoms with Gasteiger partial charge in [0.15, 0.2) is 0 Å². The molecule has 0 amide bonds. The molecule has 1 aromatic carbocycles. The van der Waals surface area contributed by atoms with Crippen LogP contribution < -0.4 is 5.32 Å². The lowest BCUT2D eigenvalue weighted by Crippen LogP contribution is -2.61. The molecule has 2 rings (SSSR count). The Kier molecular flexibility index (Phi) is 4.55. The molecule has 0 saturated carbocycles. The second kappa shape index (κ2) is 5.87. The van der Waals surface area contributed by atoms with E-state index in [1.54, 1.807) is 0 Å². The average molecular weight is 274 g/mol. The van der Waals surface area contributed by atoms with Crippen molar-refractivity contribution in [1.82, 2.24) is 10.2 Å². The van der Waals surface area contributed by atoms with Gasteiger partial charge in [0.05, 0.1) is 0 Å². The molecule has 1 fully saturated rings. The third-order valence-electron chi connectivity index (χ3n) is 4.80. The van der Waals surface area contributed by atoms with E-state index in [-0.39, 0.29) is 5.54 Å². The molecule has 0 spiro atoms. The maximum atomic E-state index is 3.67. The summed E-state index contributed by atoms with van der Waals surface area (Å²) < 4.78 is 0. The Morgan fingerprint density at radius 2 is 1.80 bits per heavy atom. The van der Waals surface area contributed by atoms with Gasteiger partial charge in [-0.1, -0.05) is 24.6 Å². The molecule has 1 aromatic rings. The van der Waals surface area contributed by atoms with Crippen LogP contribution in [0.25, 0.3) is 0 Å². The molecular weight excluding hydrogens is 244 g/mol. The molecular formula is C18H30N2. The van der Waals surface area contributed by atoms with Crippen molar-refractivity contribution in [2.45, 2.75) is 66.1 Å². The third kappa shape index (κ3) is 3.24. The van der Waals surface area contributed by atoms with E-state index < -0.39 is 0 Å². The van der Waals surface area contributed by atoms with Crippen molar-refractivity contribution in [3.05, 3.63) is 34.4 Å². The van der Waals surface area contributed by atoms with Crippen LogP contribution in [0, 0.1) is 20.8 Å². The van der Waals surface area contributed by atoms with E-state index in [0.717, 1.165) is 19.6 Å². The second-order valence-electron chi connectivity index (χ2n) is 7.06. The lowest BCUT2D eigenvalue weighted by molar-refractivity contribution is 0.0573. The SMILES string of the molecule is CCC1CN(Cc2c(C)cc(C)cc2C)C(C)(C)CN1. The zero-order valence-corrected chi connectivity index (χ0v) is 14.0. The Hall–Kier alpha value is -0.860. The predicted molar refractivity (Wildman–Crippen MR) is 87.2 cm³/mol. The van der Waals surface area contributed by atoms with Crippen LogP contribution in [0.2, 0.25) is 0 Å². The topological polar surface area (TPSA) is 15.3 Å². The summed E-state index contributed by atoms with van der Waals surface area (Å²) in [6, 6.07) is 5.26. The summed E-state index contributed by atoms with van der Waals surface area (Å²) in [4.78, 5) is 2.66. The van der Waals surface area contributed by atoms with Crippen LogP contribution >= 0.6 is 0 Å². The van der Waals surface area contributed by atoms with Gasteiger partial charge in [0.1, 0.15) is 0 Å². The highest BCUT2D eigenvalue weighted by Gasteiger charge is 2.33. The molecule has 112 valence electrons. The van der Waals surface area contributed by atoms with Gasteiger partial charge in [-0.2, -0.15) is 0 Å². The number of benzene rings is 1. The molecule has 1 unspecified atom stereocenters. The number of hydrogen-bond donors (Lipinski definition) is 1. The lowest BCUT2D eigenvalue weighted by Gasteiger charge is -2.46. The number of piperazine rings is 1. The summed E-state index contributed by atoms with van der Waals surface area (Å²) in [7, 11) is 0. The van der Waals surface area contributed by atoms with Gasteiger partial charge in [-0.3, -0.25) is 4.90 Å². The van der Waals surface area contributed by atoms with Gasteiger partial charge >= 0.3 is 0 Å². The van der Waals surface area contributed by atoms with Crippen LogP contribution in [-0.2, 0) is 6.54 Å². The number of nitrogens with one attached hydrogen (secondary N) is 1. The summed E-state index contributed by atoms with van der Waals surface area (Å²) in [5.74, 6) is 0. The van der Waals surface area contributed by atoms with Gasteiger partial charge in [-0.05, 0) is 57.7 Å². The molecule has 1 N–H and O–H groups in total. The number of nitrogens with zero attached hydrogens (tertiary/aromatic N) is 1. The molecule has 1 atom stereocenters. The maximum Gasteiger partial charge on any atom is 0.0281 e. The Balaban J connectivity index is 2.23. The van der Waals surface area contributed by atoms with Crippen LogP contribution in [0.4, 0.5) is 0 Å². The fraction of sp³-hybridized carbons (Fsp3) is 0.667. The quantitative estimate of drug-likeness (QED) is 0.906. The van der Waals surface area contributed by atoms with Crippen LogP contribution in [0.5, 0.6) is 0 Å². The average Bonchev–Trinajstić information content (AvgIpc) is 2.35. The highest BCUT2D eigenvalue weighted by atomic mass is 15.3. The van der Waals surface area contributed by atoms with Crippen LogP contribution in [0.15, 0.2) is 12.1 Å². The van der Waals surface area contributed by atoms with Crippen molar-refractivity contribution in [3.8, 4) is 0 Å². The fourth-order valence-electron chi connectivity index (χ4n) is 3.29. The van der Waals surface area contributed by atoms with E-state index in [1.807, 2.05) is 0 Å². The monoisotopic (exact) mass is 274 g/mol. The van der Waals surface area contributed by atoms with Gasteiger partial charge in [0.2, 0.25) is 0 Å². The van der Waals surface area contributed by atoms with Crippen LogP contribution in [0.1, 0.15) is 49.4 Å². The van der Waals surface area contributed by atoms with E-state index in [2.05, 4.69) is 63.9 Å². The summed E-state index contributed by atoms with van der Waals surface area (Å²) in [5.41, 5.74) is 5.99. The van der Waals surface area contributed by atoms with Crippen LogP contribution in [0.3, 0.4) is 0 Å². The molecule has 20 heavy (non-hydrogen) atoms. The summed E-state index contributed by atoms with van der Waals surface area (Å²) in [5, 5.41) is 3.67. The van der Waals surface area contributed by atoms with Gasteiger partial charge in [-0.25, -0.2) is 0 Å². The van der Waals surface area contributed by atoms with Gasteiger partial charge in [0.25, 0.3) is 0 Å². The number of rotatable bonds is 3. The maximum absolute atomic E-state index is 3.67. The first kappa shape index (κ1) is 15.5. The third-order valence-corrected chi connectivity index (χ3v) is 4.80. The predicted octanol–water partition coefficient (Wildman–Crippen LogP) is 3.57. The second-order valence-corrected chi connectivity index (χ2v) is 7.06. The highest BCUT2D eigenvalue weighted by Crippen LogP contribution is 2.25. The van der Waals surface area contributed by atoms with Gasteiger partial charge < -0.3 is 5.32 Å². The summed E-state index contributed by atoms with van der Waals surface area (Å²) in [6.45, 7) is 17.0. The first-order valence-electron chi connectivity index (χ1n) is 7.88. The van der Waals surface area contributed by atoms with Gasteiger partial charge in [0, 0.05) is 31.2 Å². The van der Waals surface area contributed by atoms with E-state index in [4.69, 9.17) is 0 Å². The van der Waals surface area contributed by atoms with E-state index in [9.17, 15) is 0 Å². The Labute approximate surface area is 124 Å². The molecule has 1 heterocycles. The van der Waals surface area contributed by atoms with E-state index in [0.29, 0.717) is 6.04 Å². The number of hydrogen-bond acceptors (Lipinski definition) is 2. The standard InChI is InChI=1S/C18H30N2/c1-7-16-10-20(18(5,6)12-19-16)11-17-14(3)8-13(2)9-15(17)4/h8-9,16,19H,7,10-12H2,1-6H3. The molecule has 2 heteroatoms. The first-order valence-corrected chi connectivity index (χ1v) is 7.88. The van der Waals surface area contributed by atoms with E-state index in [1.165, 1.54) is 28.7 Å². The van der Waals surface area contributed by atoms with Gasteiger partial charge in [-0.15, -0.1) is 0 Å². The molecule has 0 bridgehead atoms. The van der Waals surface area contributed by atoms with Crippen molar-refractivity contribution in [3.63, 3.8) is 0 Å². The lowest BCUT2D eigenvalue weighted by atomic mass is 9.93. The zero-order chi connectivity index (χ0) is 14.9. The molecule has 0 radical (unpaired) electrons. The Morgan fingerprint density at radius 3 is 2.35 bits per heavy atom. The highest BCUT2D eigenvalue weighted by molar-refractivity contribution is 5.37. The van der Waals surface area contributed by atoms with Crippen molar-refractivity contribution >= 4 is 0 Å². The molecule has 1 aliphatic rings. The summed E-state index contributed by atoms with van der Waals surface area (Å²) >= 11 is 0.